The third-order valence-electron chi connectivity index (χ3n) is 4.97. The number of hydrogen-bond donors (Lipinski definition) is 6. The molecule has 0 spiro atoms. The molecule has 2 heterocycles. The van der Waals surface area contributed by atoms with E-state index in [9.17, 15) is 19.0 Å². The van der Waals surface area contributed by atoms with E-state index in [2.05, 4.69) is 36.7 Å². The van der Waals surface area contributed by atoms with Crippen molar-refractivity contribution < 1.29 is 42.7 Å². The second kappa shape index (κ2) is 17.9. The summed E-state index contributed by atoms with van der Waals surface area (Å²) >= 11 is 0. The molecule has 19 heteroatoms. The number of anilines is 1. The van der Waals surface area contributed by atoms with Crippen LogP contribution < -0.4 is 28.0 Å². The van der Waals surface area contributed by atoms with Gasteiger partial charge in [0.25, 0.3) is 0 Å². The number of nitrogens with two attached hydrogens (primary N) is 2. The lowest BCUT2D eigenvalue weighted by molar-refractivity contribution is -0.120. The van der Waals surface area contributed by atoms with Gasteiger partial charge in [0, 0.05) is 37.1 Å². The van der Waals surface area contributed by atoms with Gasteiger partial charge in [-0.1, -0.05) is 33.4 Å². The first kappa shape index (κ1) is 33.5. The van der Waals surface area contributed by atoms with E-state index < -0.39 is 52.1 Å². The highest BCUT2D eigenvalue weighted by molar-refractivity contribution is 8.76. The maximum Gasteiger partial charge on any atom is 0.474 e. The topological polar surface area (TPSA) is 232 Å². The number of aliphatic hydroxyl groups is 1. The summed E-state index contributed by atoms with van der Waals surface area (Å²) in [5.74, 6) is 12.3. The maximum atomic E-state index is 12.5. The monoisotopic (exact) mass is 612 g/mol. The molecule has 1 aromatic rings. The maximum absolute atomic E-state index is 12.5. The van der Waals surface area contributed by atoms with Crippen molar-refractivity contribution in [1.29, 1.82) is 0 Å². The van der Waals surface area contributed by atoms with Crippen molar-refractivity contribution in [2.45, 2.75) is 31.3 Å². The summed E-state index contributed by atoms with van der Waals surface area (Å²) in [6.45, 7) is -0.881. The van der Waals surface area contributed by atoms with Gasteiger partial charge in [-0.05, 0) is 7.05 Å². The largest absolute Gasteiger partial charge is 0.474 e. The average molecular weight is 613 g/mol. The second-order valence-electron chi connectivity index (χ2n) is 7.69. The molecule has 1 amide bonds. The molecule has 1 aromatic heterocycles. The van der Waals surface area contributed by atoms with Crippen LogP contribution in [0.2, 0.25) is 0 Å². The molecule has 0 radical (unpaired) electrons. The van der Waals surface area contributed by atoms with Gasteiger partial charge in [-0.3, -0.25) is 23.2 Å². The van der Waals surface area contributed by atoms with E-state index in [1.807, 2.05) is 7.05 Å². The number of amides is 1. The van der Waals surface area contributed by atoms with E-state index in [1.54, 1.807) is 21.6 Å². The molecule has 1 fully saturated rings. The van der Waals surface area contributed by atoms with Gasteiger partial charge < -0.3 is 35.8 Å². The normalized spacial score (nSPS) is 20.3. The predicted molar refractivity (Wildman–Crippen MR) is 144 cm³/mol. The zero-order valence-corrected chi connectivity index (χ0v) is 23.7. The molecule has 1 saturated heterocycles. The Bertz CT molecular complexity index is 1090. The van der Waals surface area contributed by atoms with Gasteiger partial charge in [0.2, 0.25) is 5.91 Å². The van der Waals surface area contributed by atoms with Crippen LogP contribution in [0.3, 0.4) is 0 Å². The lowest BCUT2D eigenvalue weighted by Gasteiger charge is -2.19. The summed E-state index contributed by atoms with van der Waals surface area (Å²) in [6, 6.07) is 0. The van der Waals surface area contributed by atoms with Crippen LogP contribution in [-0.2, 0) is 32.7 Å². The van der Waals surface area contributed by atoms with Crippen LogP contribution in [0.5, 0.6) is 0 Å². The number of carbonyl (C=O) groups excluding carboxylic acids is 1. The Hall–Kier alpha value is -1.72. The average Bonchev–Trinajstić information content (AvgIpc) is 3.31. The Morgan fingerprint density at radius 2 is 2.15 bits per heavy atom. The van der Waals surface area contributed by atoms with Crippen LogP contribution in [-0.4, -0.2) is 89.5 Å². The standard InChI is InChI=1S/C20H33N6O10PS2/c1-23-6-8-39-38-7-4-17(28)24-5-2-3-14-10-26(20(29)25-19(14)21)18-9-15(36-22)16(35-18)11-33-37(30,31)34-13-32-12-27/h10,15-16,18,23,27H,4-9,11-13,22H2,1H3,(H,24,28)(H,30,31)(H2,21,25,29)/t15?,16-,18-/m1/s1. The van der Waals surface area contributed by atoms with E-state index in [4.69, 9.17) is 30.8 Å². The Morgan fingerprint density at radius 1 is 1.38 bits per heavy atom. The highest BCUT2D eigenvalue weighted by Gasteiger charge is 2.39. The molecule has 0 bridgehead atoms. The molecule has 8 N–H and O–H groups in total. The minimum atomic E-state index is -4.53. The number of phosphoric ester groups is 1. The smallest absolute Gasteiger partial charge is 0.382 e. The van der Waals surface area contributed by atoms with Gasteiger partial charge in [0.05, 0.1) is 18.7 Å². The number of carbonyl (C=O) groups is 1. The molecule has 0 saturated carbocycles. The van der Waals surface area contributed by atoms with Crippen molar-refractivity contribution in [3.63, 3.8) is 0 Å². The zero-order valence-electron chi connectivity index (χ0n) is 21.1. The lowest BCUT2D eigenvalue weighted by atomic mass is 10.2. The molecule has 16 nitrogen and oxygen atoms in total. The molecule has 0 aliphatic carbocycles. The van der Waals surface area contributed by atoms with E-state index in [0.29, 0.717) is 12.2 Å². The van der Waals surface area contributed by atoms with Crippen molar-refractivity contribution in [2.75, 3.05) is 57.6 Å². The number of nitrogens with one attached hydrogen (secondary N) is 2. The molecular formula is C20H33N6O10PS2. The number of nitrogen functional groups attached to an aromatic ring is 1. The third kappa shape index (κ3) is 12.1. The molecule has 1 aliphatic rings. The van der Waals surface area contributed by atoms with E-state index in [-0.39, 0.29) is 30.3 Å². The minimum Gasteiger partial charge on any atom is -0.382 e. The van der Waals surface area contributed by atoms with Crippen LogP contribution >= 0.6 is 29.4 Å². The van der Waals surface area contributed by atoms with Crippen LogP contribution in [0.15, 0.2) is 11.0 Å². The van der Waals surface area contributed by atoms with Crippen LogP contribution in [0.25, 0.3) is 0 Å². The highest BCUT2D eigenvalue weighted by Crippen LogP contribution is 2.44. The summed E-state index contributed by atoms with van der Waals surface area (Å²) in [4.78, 5) is 42.8. The minimum absolute atomic E-state index is 0.0734. The van der Waals surface area contributed by atoms with E-state index in [0.717, 1.165) is 16.9 Å². The third-order valence-corrected chi connectivity index (χ3v) is 8.28. The second-order valence-corrected chi connectivity index (χ2v) is 11.8. The van der Waals surface area contributed by atoms with Gasteiger partial charge in [-0.25, -0.2) is 15.3 Å². The van der Waals surface area contributed by atoms with Crippen molar-refractivity contribution in [3.8, 4) is 11.8 Å². The fraction of sp³-hybridized carbons (Fsp3) is 0.650. The number of aromatic nitrogens is 2. The van der Waals surface area contributed by atoms with Gasteiger partial charge in [0.15, 0.2) is 6.79 Å². The predicted octanol–water partition coefficient (Wildman–Crippen LogP) is -1.11. The Kier molecular flexibility index (Phi) is 15.3. The van der Waals surface area contributed by atoms with Crippen molar-refractivity contribution in [3.05, 3.63) is 22.2 Å². The van der Waals surface area contributed by atoms with Crippen LogP contribution in [0.4, 0.5) is 5.82 Å². The number of phosphoric acid groups is 1. The quantitative estimate of drug-likeness (QED) is 0.0306. The Labute approximate surface area is 232 Å². The number of rotatable bonds is 17. The van der Waals surface area contributed by atoms with Crippen molar-refractivity contribution >= 4 is 41.1 Å². The number of ether oxygens (including phenoxy) is 2. The van der Waals surface area contributed by atoms with Crippen molar-refractivity contribution in [2.24, 2.45) is 5.90 Å². The number of aliphatic hydroxyl groups excluding tert-OH is 1. The Balaban J connectivity index is 1.94. The van der Waals surface area contributed by atoms with Crippen LogP contribution in [0, 0.1) is 11.8 Å². The summed E-state index contributed by atoms with van der Waals surface area (Å²) < 4.78 is 32.6. The first-order chi connectivity index (χ1) is 18.7. The van der Waals surface area contributed by atoms with Crippen molar-refractivity contribution in [1.82, 2.24) is 20.2 Å². The fourth-order valence-electron chi connectivity index (χ4n) is 3.06. The van der Waals surface area contributed by atoms with E-state index >= 15 is 0 Å². The van der Waals surface area contributed by atoms with E-state index in [1.165, 1.54) is 6.20 Å². The summed E-state index contributed by atoms with van der Waals surface area (Å²) in [6.07, 6.45) is -0.889. The molecule has 0 aromatic carbocycles. The summed E-state index contributed by atoms with van der Waals surface area (Å²) in [7, 11) is 0.676. The first-order valence-corrected chi connectivity index (χ1v) is 15.5. The van der Waals surface area contributed by atoms with Gasteiger partial charge in [-0.2, -0.15) is 4.98 Å². The zero-order chi connectivity index (χ0) is 28.7. The van der Waals surface area contributed by atoms with Gasteiger partial charge in [-0.15, -0.1) is 0 Å². The molecule has 4 atom stereocenters. The van der Waals surface area contributed by atoms with Gasteiger partial charge >= 0.3 is 13.5 Å². The fourth-order valence-corrected chi connectivity index (χ4v) is 5.68. The molecule has 2 rings (SSSR count). The highest BCUT2D eigenvalue weighted by atomic mass is 33.1. The summed E-state index contributed by atoms with van der Waals surface area (Å²) in [5.41, 5.74) is 5.35. The molecule has 39 heavy (non-hydrogen) atoms. The molecular weight excluding hydrogens is 579 g/mol. The SMILES string of the molecule is CNCCSSCCC(=O)NCC#Cc1cn([C@H]2CC(ON)[C@@H](COP(=O)(O)OCOCO)O2)c(=O)nc1N. The molecule has 220 valence electrons. The number of hydrogen-bond acceptors (Lipinski definition) is 15. The van der Waals surface area contributed by atoms with Gasteiger partial charge in [0.1, 0.15) is 31.0 Å². The molecule has 2 unspecified atom stereocenters. The molecule has 1 aliphatic heterocycles. The lowest BCUT2D eigenvalue weighted by Crippen LogP contribution is -2.31. The first-order valence-electron chi connectivity index (χ1n) is 11.6. The summed E-state index contributed by atoms with van der Waals surface area (Å²) in [5, 5.41) is 14.3. The number of nitrogens with zero attached hydrogens (tertiary/aromatic N) is 2. The van der Waals surface area contributed by atoms with Crippen LogP contribution in [0.1, 0.15) is 24.6 Å². The Morgan fingerprint density at radius 3 is 2.87 bits per heavy atom.